The van der Waals surface area contributed by atoms with Crippen molar-refractivity contribution in [3.05, 3.63) is 39.0 Å². The summed E-state index contributed by atoms with van der Waals surface area (Å²) < 4.78 is 11.4. The van der Waals surface area contributed by atoms with E-state index in [-0.39, 0.29) is 5.91 Å². The van der Waals surface area contributed by atoms with Crippen molar-refractivity contribution >= 4 is 38.9 Å². The maximum Gasteiger partial charge on any atom is 0.268 e. The molecule has 0 aliphatic carbocycles. The lowest BCUT2D eigenvalue weighted by molar-refractivity contribution is 0.0997. The first-order valence-corrected chi connectivity index (χ1v) is 7.43. The van der Waals surface area contributed by atoms with E-state index >= 15 is 0 Å². The second kappa shape index (κ2) is 6.28. The summed E-state index contributed by atoms with van der Waals surface area (Å²) in [5.41, 5.74) is 0.747. The van der Waals surface area contributed by atoms with Crippen LogP contribution in [0.4, 0.5) is 5.69 Å². The van der Waals surface area contributed by atoms with Gasteiger partial charge in [0.25, 0.3) is 5.91 Å². The van der Waals surface area contributed by atoms with Gasteiger partial charge in [0.2, 0.25) is 0 Å². The van der Waals surface area contributed by atoms with Crippen LogP contribution in [-0.4, -0.2) is 27.2 Å². The van der Waals surface area contributed by atoms with E-state index in [0.717, 1.165) is 9.47 Å². The van der Waals surface area contributed by atoms with Crippen LogP contribution < -0.4 is 14.4 Å². The van der Waals surface area contributed by atoms with E-state index < -0.39 is 0 Å². The standard InChI is InChI=1S/C14H14BrNO3S/c1-16(14(17)12-6-7-13(15)20-12)9-4-5-10(18-2)11(8-9)19-3/h4-8H,1-3H3. The molecule has 20 heavy (non-hydrogen) atoms. The van der Waals surface area contributed by atoms with E-state index in [4.69, 9.17) is 9.47 Å². The number of hydrogen-bond acceptors (Lipinski definition) is 4. The van der Waals surface area contributed by atoms with E-state index in [2.05, 4.69) is 15.9 Å². The van der Waals surface area contributed by atoms with Crippen molar-refractivity contribution in [1.29, 1.82) is 0 Å². The van der Waals surface area contributed by atoms with Crippen LogP contribution in [0.3, 0.4) is 0 Å². The zero-order valence-corrected chi connectivity index (χ0v) is 13.7. The van der Waals surface area contributed by atoms with Crippen molar-refractivity contribution in [2.75, 3.05) is 26.2 Å². The van der Waals surface area contributed by atoms with Crippen LogP contribution in [0.25, 0.3) is 0 Å². The number of anilines is 1. The Morgan fingerprint density at radius 1 is 1.15 bits per heavy atom. The maximum absolute atomic E-state index is 12.4. The van der Waals surface area contributed by atoms with Gasteiger partial charge in [0.05, 0.1) is 22.9 Å². The van der Waals surface area contributed by atoms with Crippen molar-refractivity contribution < 1.29 is 14.3 Å². The molecule has 0 radical (unpaired) electrons. The summed E-state index contributed by atoms with van der Waals surface area (Å²) in [6, 6.07) is 9.04. The first-order valence-electron chi connectivity index (χ1n) is 5.82. The van der Waals surface area contributed by atoms with Crippen LogP contribution in [-0.2, 0) is 0 Å². The molecule has 0 fully saturated rings. The van der Waals surface area contributed by atoms with Crippen LogP contribution in [0.2, 0.25) is 0 Å². The van der Waals surface area contributed by atoms with Crippen LogP contribution in [0.1, 0.15) is 9.67 Å². The van der Waals surface area contributed by atoms with E-state index in [1.165, 1.54) is 11.3 Å². The molecule has 0 N–H and O–H groups in total. The number of carbonyl (C=O) groups excluding carboxylic acids is 1. The van der Waals surface area contributed by atoms with Gasteiger partial charge in [-0.25, -0.2) is 0 Å². The maximum atomic E-state index is 12.4. The monoisotopic (exact) mass is 355 g/mol. The molecule has 0 saturated heterocycles. The van der Waals surface area contributed by atoms with Gasteiger partial charge in [-0.15, -0.1) is 11.3 Å². The number of halogens is 1. The molecule has 2 aromatic rings. The molecule has 2 rings (SSSR count). The number of amides is 1. The van der Waals surface area contributed by atoms with Crippen molar-refractivity contribution in [1.82, 2.24) is 0 Å². The van der Waals surface area contributed by atoms with Gasteiger partial charge >= 0.3 is 0 Å². The zero-order chi connectivity index (χ0) is 14.7. The molecule has 6 heteroatoms. The van der Waals surface area contributed by atoms with Gasteiger partial charge in [-0.2, -0.15) is 0 Å². The molecule has 0 aliphatic heterocycles. The highest BCUT2D eigenvalue weighted by Gasteiger charge is 2.17. The predicted molar refractivity (Wildman–Crippen MR) is 84.3 cm³/mol. The van der Waals surface area contributed by atoms with E-state index in [9.17, 15) is 4.79 Å². The van der Waals surface area contributed by atoms with E-state index in [1.54, 1.807) is 44.4 Å². The summed E-state index contributed by atoms with van der Waals surface area (Å²) >= 11 is 4.76. The Morgan fingerprint density at radius 3 is 2.40 bits per heavy atom. The molecule has 1 heterocycles. The lowest BCUT2D eigenvalue weighted by Crippen LogP contribution is -2.25. The highest BCUT2D eigenvalue weighted by atomic mass is 79.9. The summed E-state index contributed by atoms with van der Waals surface area (Å²) in [5.74, 6) is 1.17. The fourth-order valence-electron chi connectivity index (χ4n) is 1.75. The molecule has 0 bridgehead atoms. The predicted octanol–water partition coefficient (Wildman–Crippen LogP) is 3.80. The number of ether oxygens (including phenoxy) is 2. The molecular formula is C14H14BrNO3S. The Labute approximate surface area is 130 Å². The minimum absolute atomic E-state index is 0.0621. The summed E-state index contributed by atoms with van der Waals surface area (Å²) in [5, 5.41) is 0. The van der Waals surface area contributed by atoms with E-state index in [1.807, 2.05) is 12.1 Å². The molecule has 0 unspecified atom stereocenters. The number of benzene rings is 1. The van der Waals surface area contributed by atoms with Gasteiger partial charge in [-0.05, 0) is 40.2 Å². The average molecular weight is 356 g/mol. The van der Waals surface area contributed by atoms with Crippen LogP contribution in [0.5, 0.6) is 11.5 Å². The first kappa shape index (κ1) is 14.9. The van der Waals surface area contributed by atoms with Gasteiger partial charge in [0.15, 0.2) is 11.5 Å². The third kappa shape index (κ3) is 2.96. The normalized spacial score (nSPS) is 10.2. The van der Waals surface area contributed by atoms with Gasteiger partial charge in [-0.3, -0.25) is 4.79 Å². The van der Waals surface area contributed by atoms with Crippen molar-refractivity contribution in [3.63, 3.8) is 0 Å². The lowest BCUT2D eigenvalue weighted by Gasteiger charge is -2.18. The fraction of sp³-hybridized carbons (Fsp3) is 0.214. The Bertz CT molecular complexity index is 627. The Morgan fingerprint density at radius 2 is 1.85 bits per heavy atom. The number of nitrogens with zero attached hydrogens (tertiary/aromatic N) is 1. The number of hydrogen-bond donors (Lipinski definition) is 0. The fourth-order valence-corrected chi connectivity index (χ4v) is 3.11. The first-order chi connectivity index (χ1) is 9.56. The Kier molecular flexibility index (Phi) is 4.67. The molecule has 4 nitrogen and oxygen atoms in total. The van der Waals surface area contributed by atoms with E-state index in [0.29, 0.717) is 16.4 Å². The molecule has 0 atom stereocenters. The molecular weight excluding hydrogens is 342 g/mol. The second-order valence-corrected chi connectivity index (χ2v) is 6.47. The molecule has 0 aliphatic rings. The minimum atomic E-state index is -0.0621. The lowest BCUT2D eigenvalue weighted by atomic mass is 10.2. The number of carbonyl (C=O) groups is 1. The van der Waals surface area contributed by atoms with Gasteiger partial charge in [-0.1, -0.05) is 0 Å². The van der Waals surface area contributed by atoms with Crippen LogP contribution in [0, 0.1) is 0 Å². The van der Waals surface area contributed by atoms with Crippen molar-refractivity contribution in [3.8, 4) is 11.5 Å². The Hall–Kier alpha value is -1.53. The molecule has 0 spiro atoms. The second-order valence-electron chi connectivity index (χ2n) is 4.01. The van der Waals surface area contributed by atoms with Crippen molar-refractivity contribution in [2.45, 2.75) is 0 Å². The Balaban J connectivity index is 2.29. The summed E-state index contributed by atoms with van der Waals surface area (Å²) in [4.78, 5) is 14.6. The largest absolute Gasteiger partial charge is 0.493 e. The highest BCUT2D eigenvalue weighted by Crippen LogP contribution is 2.32. The number of thiophene rings is 1. The van der Waals surface area contributed by atoms with Crippen LogP contribution in [0.15, 0.2) is 34.1 Å². The van der Waals surface area contributed by atoms with Gasteiger partial charge in [0, 0.05) is 18.8 Å². The van der Waals surface area contributed by atoms with Gasteiger partial charge in [0.1, 0.15) is 0 Å². The van der Waals surface area contributed by atoms with Gasteiger partial charge < -0.3 is 14.4 Å². The smallest absolute Gasteiger partial charge is 0.268 e. The topological polar surface area (TPSA) is 38.8 Å². The molecule has 1 amide bonds. The molecule has 106 valence electrons. The molecule has 0 saturated carbocycles. The zero-order valence-electron chi connectivity index (χ0n) is 11.3. The number of methoxy groups -OCH3 is 2. The summed E-state index contributed by atoms with van der Waals surface area (Å²) in [6.07, 6.45) is 0. The third-order valence-corrected chi connectivity index (χ3v) is 4.45. The summed E-state index contributed by atoms with van der Waals surface area (Å²) in [7, 11) is 4.88. The molecule has 1 aromatic carbocycles. The quantitative estimate of drug-likeness (QED) is 0.836. The van der Waals surface area contributed by atoms with Crippen LogP contribution >= 0.6 is 27.3 Å². The minimum Gasteiger partial charge on any atom is -0.493 e. The summed E-state index contributed by atoms with van der Waals surface area (Å²) in [6.45, 7) is 0. The SMILES string of the molecule is COc1ccc(N(C)C(=O)c2ccc(Br)s2)cc1OC. The average Bonchev–Trinajstić information content (AvgIpc) is 2.91. The molecule has 1 aromatic heterocycles. The number of rotatable bonds is 4. The van der Waals surface area contributed by atoms with Crippen molar-refractivity contribution in [2.24, 2.45) is 0 Å². The third-order valence-electron chi connectivity index (χ3n) is 2.84. The highest BCUT2D eigenvalue weighted by molar-refractivity contribution is 9.11.